The van der Waals surface area contributed by atoms with Crippen LogP contribution < -0.4 is 5.32 Å². The molecule has 1 atom stereocenters. The Morgan fingerprint density at radius 3 is 2.80 bits per heavy atom. The molecule has 2 amide bonds. The molecule has 0 saturated carbocycles. The Balaban J connectivity index is 1.54. The Morgan fingerprint density at radius 1 is 1.40 bits per heavy atom. The first-order chi connectivity index (χ1) is 11.9. The fourth-order valence-electron chi connectivity index (χ4n) is 2.60. The van der Waals surface area contributed by atoms with Crippen LogP contribution in [0.4, 0.5) is 10.1 Å². The molecule has 1 unspecified atom stereocenters. The molecule has 2 aliphatic heterocycles. The summed E-state index contributed by atoms with van der Waals surface area (Å²) in [5, 5.41) is 2.74. The van der Waals surface area contributed by atoms with E-state index in [9.17, 15) is 14.0 Å². The van der Waals surface area contributed by atoms with Crippen LogP contribution in [0.25, 0.3) is 0 Å². The summed E-state index contributed by atoms with van der Waals surface area (Å²) < 4.78 is 13.1. The number of carbonyl (C=O) groups is 2. The summed E-state index contributed by atoms with van der Waals surface area (Å²) in [6.45, 7) is 3.49. The van der Waals surface area contributed by atoms with Crippen LogP contribution in [0.2, 0.25) is 5.02 Å². The van der Waals surface area contributed by atoms with Crippen LogP contribution >= 0.6 is 23.4 Å². The van der Waals surface area contributed by atoms with Gasteiger partial charge in [0.1, 0.15) is 11.1 Å². The zero-order valence-electron chi connectivity index (χ0n) is 13.7. The van der Waals surface area contributed by atoms with E-state index >= 15 is 0 Å². The maximum Gasteiger partial charge on any atom is 0.262 e. The van der Waals surface area contributed by atoms with Crippen molar-refractivity contribution in [2.75, 3.05) is 38.5 Å². The summed E-state index contributed by atoms with van der Waals surface area (Å²) in [5.41, 5.74) is 0.395. The van der Waals surface area contributed by atoms with Gasteiger partial charge in [0.05, 0.1) is 5.02 Å². The van der Waals surface area contributed by atoms with Gasteiger partial charge in [0, 0.05) is 38.3 Å². The molecule has 1 aromatic carbocycles. The molecule has 9 heteroatoms. The SMILES string of the molecule is CN1CCN(C2=NC(=O)C(CC(=O)Nc3ccc(F)c(Cl)c3)S2)CC1. The van der Waals surface area contributed by atoms with E-state index in [1.807, 2.05) is 0 Å². The molecule has 0 aromatic heterocycles. The number of piperazine rings is 1. The molecule has 1 aromatic rings. The van der Waals surface area contributed by atoms with Crippen molar-refractivity contribution in [3.8, 4) is 0 Å². The zero-order valence-corrected chi connectivity index (χ0v) is 15.2. The third kappa shape index (κ3) is 4.50. The van der Waals surface area contributed by atoms with Crippen LogP contribution in [-0.4, -0.2) is 65.3 Å². The van der Waals surface area contributed by atoms with Gasteiger partial charge in [-0.15, -0.1) is 0 Å². The van der Waals surface area contributed by atoms with Crippen molar-refractivity contribution in [2.24, 2.45) is 4.99 Å². The first kappa shape index (κ1) is 18.2. The lowest BCUT2D eigenvalue weighted by Gasteiger charge is -2.33. The molecule has 1 N–H and O–H groups in total. The van der Waals surface area contributed by atoms with E-state index in [0.717, 1.165) is 26.2 Å². The number of rotatable bonds is 3. The van der Waals surface area contributed by atoms with Gasteiger partial charge in [-0.05, 0) is 25.2 Å². The number of anilines is 1. The lowest BCUT2D eigenvalue weighted by Crippen LogP contribution is -2.46. The molecule has 3 rings (SSSR count). The Bertz CT molecular complexity index is 722. The lowest BCUT2D eigenvalue weighted by molar-refractivity contribution is -0.121. The minimum absolute atomic E-state index is 0.0131. The van der Waals surface area contributed by atoms with Crippen molar-refractivity contribution >= 4 is 46.0 Å². The number of carbonyl (C=O) groups excluding carboxylic acids is 2. The van der Waals surface area contributed by atoms with Crippen LogP contribution in [0, 0.1) is 5.82 Å². The maximum absolute atomic E-state index is 13.1. The van der Waals surface area contributed by atoms with Gasteiger partial charge in [0.2, 0.25) is 5.91 Å². The van der Waals surface area contributed by atoms with Gasteiger partial charge in [-0.3, -0.25) is 9.59 Å². The molecule has 1 saturated heterocycles. The largest absolute Gasteiger partial charge is 0.349 e. The van der Waals surface area contributed by atoms with Gasteiger partial charge in [0.15, 0.2) is 5.17 Å². The molecule has 0 bridgehead atoms. The molecule has 134 valence electrons. The summed E-state index contributed by atoms with van der Waals surface area (Å²) in [5.74, 6) is -1.17. The fourth-order valence-corrected chi connectivity index (χ4v) is 3.89. The van der Waals surface area contributed by atoms with Crippen LogP contribution in [0.1, 0.15) is 6.42 Å². The van der Waals surface area contributed by atoms with Crippen LogP contribution in [-0.2, 0) is 9.59 Å². The van der Waals surface area contributed by atoms with Crippen LogP contribution in [0.3, 0.4) is 0 Å². The number of likely N-dealkylation sites (N-methyl/N-ethyl adjacent to an activating group) is 1. The number of hydrogen-bond donors (Lipinski definition) is 1. The molecular weight excluding hydrogens is 367 g/mol. The van der Waals surface area contributed by atoms with Gasteiger partial charge >= 0.3 is 0 Å². The molecule has 0 spiro atoms. The minimum atomic E-state index is -0.550. The van der Waals surface area contributed by atoms with Crippen LogP contribution in [0.5, 0.6) is 0 Å². The van der Waals surface area contributed by atoms with Crippen molar-refractivity contribution in [3.05, 3.63) is 29.0 Å². The maximum atomic E-state index is 13.1. The van der Waals surface area contributed by atoms with Gasteiger partial charge in [-0.1, -0.05) is 23.4 Å². The molecule has 2 heterocycles. The van der Waals surface area contributed by atoms with Crippen LogP contribution in [0.15, 0.2) is 23.2 Å². The summed E-state index contributed by atoms with van der Waals surface area (Å²) in [4.78, 5) is 32.6. The topological polar surface area (TPSA) is 65.0 Å². The molecule has 1 fully saturated rings. The van der Waals surface area contributed by atoms with Gasteiger partial charge < -0.3 is 15.1 Å². The minimum Gasteiger partial charge on any atom is -0.349 e. The summed E-state index contributed by atoms with van der Waals surface area (Å²) in [6, 6.07) is 3.95. The number of benzene rings is 1. The average molecular weight is 385 g/mol. The van der Waals surface area contributed by atoms with E-state index in [1.54, 1.807) is 0 Å². The predicted octanol–water partition coefficient (Wildman–Crippen LogP) is 2.05. The second-order valence-corrected chi connectivity index (χ2v) is 7.59. The zero-order chi connectivity index (χ0) is 18.0. The standard InChI is InChI=1S/C16H18ClFN4O2S/c1-21-4-6-22(7-5-21)16-20-15(24)13(25-16)9-14(23)19-10-2-3-12(18)11(17)8-10/h2-3,8,13H,4-7,9H2,1H3,(H,19,23). The number of nitrogens with one attached hydrogen (secondary N) is 1. The van der Waals surface area contributed by atoms with Crippen molar-refractivity contribution in [2.45, 2.75) is 11.7 Å². The molecule has 2 aliphatic rings. The number of amides is 2. The molecular formula is C16H18ClFN4O2S. The fraction of sp³-hybridized carbons (Fsp3) is 0.438. The van der Waals surface area contributed by atoms with E-state index in [-0.39, 0.29) is 23.3 Å². The summed E-state index contributed by atoms with van der Waals surface area (Å²) in [6.07, 6.45) is 0.0131. The normalized spacial score (nSPS) is 21.4. The number of thioether (sulfide) groups is 1. The average Bonchev–Trinajstić information content (AvgIpc) is 2.92. The van der Waals surface area contributed by atoms with E-state index < -0.39 is 11.1 Å². The van der Waals surface area contributed by atoms with E-state index in [0.29, 0.717) is 10.9 Å². The highest BCUT2D eigenvalue weighted by atomic mass is 35.5. The van der Waals surface area contributed by atoms with Crippen molar-refractivity contribution in [3.63, 3.8) is 0 Å². The lowest BCUT2D eigenvalue weighted by atomic mass is 10.2. The second kappa shape index (κ2) is 7.72. The number of amidine groups is 1. The van der Waals surface area contributed by atoms with E-state index in [1.165, 1.54) is 30.0 Å². The van der Waals surface area contributed by atoms with Gasteiger partial charge in [0.25, 0.3) is 5.91 Å². The van der Waals surface area contributed by atoms with E-state index in [4.69, 9.17) is 11.6 Å². The second-order valence-electron chi connectivity index (χ2n) is 6.01. The highest BCUT2D eigenvalue weighted by Crippen LogP contribution is 2.28. The molecule has 0 radical (unpaired) electrons. The number of halogens is 2. The Kier molecular flexibility index (Phi) is 5.61. The third-order valence-corrected chi connectivity index (χ3v) is 5.58. The first-order valence-electron chi connectivity index (χ1n) is 7.90. The highest BCUT2D eigenvalue weighted by Gasteiger charge is 2.33. The highest BCUT2D eigenvalue weighted by molar-refractivity contribution is 8.15. The summed E-state index contributed by atoms with van der Waals surface area (Å²) in [7, 11) is 2.06. The number of aliphatic imine (C=N–C) groups is 1. The summed E-state index contributed by atoms with van der Waals surface area (Å²) >= 11 is 7.03. The third-order valence-electron chi connectivity index (χ3n) is 4.08. The Hall–Kier alpha value is -1.64. The Labute approximate surface area is 154 Å². The number of nitrogens with zero attached hydrogens (tertiary/aromatic N) is 3. The van der Waals surface area contributed by atoms with Crippen molar-refractivity contribution in [1.29, 1.82) is 0 Å². The smallest absolute Gasteiger partial charge is 0.262 e. The Morgan fingerprint density at radius 2 is 2.12 bits per heavy atom. The van der Waals surface area contributed by atoms with Gasteiger partial charge in [-0.2, -0.15) is 4.99 Å². The monoisotopic (exact) mass is 384 g/mol. The molecule has 6 nitrogen and oxygen atoms in total. The predicted molar refractivity (Wildman–Crippen MR) is 97.5 cm³/mol. The first-order valence-corrected chi connectivity index (χ1v) is 9.16. The molecule has 25 heavy (non-hydrogen) atoms. The van der Waals surface area contributed by atoms with Gasteiger partial charge in [-0.25, -0.2) is 4.39 Å². The quantitative estimate of drug-likeness (QED) is 0.864. The van der Waals surface area contributed by atoms with Crippen molar-refractivity contribution < 1.29 is 14.0 Å². The molecule has 0 aliphatic carbocycles. The van der Waals surface area contributed by atoms with Crippen molar-refractivity contribution in [1.82, 2.24) is 9.80 Å². The number of hydrogen-bond acceptors (Lipinski definition) is 5. The van der Waals surface area contributed by atoms with E-state index in [2.05, 4.69) is 27.2 Å².